The Kier molecular flexibility index (Phi) is 6.74. The molecule has 0 aromatic heterocycles. The first-order valence-electron chi connectivity index (χ1n) is 9.94. The summed E-state index contributed by atoms with van der Waals surface area (Å²) in [6, 6.07) is 17.6. The van der Waals surface area contributed by atoms with Crippen LogP contribution >= 0.6 is 31.9 Å². The first-order valence-corrected chi connectivity index (χ1v) is 11.5. The molecule has 2 atom stereocenters. The molecule has 7 heteroatoms. The van der Waals surface area contributed by atoms with Crippen molar-refractivity contribution >= 4 is 37.6 Å². The second-order valence-corrected chi connectivity index (χ2v) is 9.06. The summed E-state index contributed by atoms with van der Waals surface area (Å²) in [4.78, 5) is 4.84. The molecule has 1 aliphatic rings. The fourth-order valence-corrected chi connectivity index (χ4v) is 4.44. The molecular weight excluding hydrogens is 527 g/mol. The van der Waals surface area contributed by atoms with E-state index >= 15 is 0 Å². The number of hydrogen-bond acceptors (Lipinski definition) is 4. The number of benzene rings is 3. The van der Waals surface area contributed by atoms with Gasteiger partial charge in [0, 0.05) is 38.2 Å². The molecule has 0 aliphatic carbocycles. The number of nitrogens with zero attached hydrogens (tertiary/aromatic N) is 1. The predicted molar refractivity (Wildman–Crippen MR) is 127 cm³/mol. The molecule has 0 bridgehead atoms. The minimum absolute atomic E-state index is 0.183. The largest absolute Gasteiger partial charge is 0.508 e. The van der Waals surface area contributed by atoms with Gasteiger partial charge >= 0.3 is 0 Å². The zero-order valence-electron chi connectivity index (χ0n) is 16.8. The van der Waals surface area contributed by atoms with Crippen LogP contribution in [0.5, 0.6) is 11.5 Å². The van der Waals surface area contributed by atoms with Gasteiger partial charge in [0.05, 0.1) is 6.61 Å². The fraction of sp³-hybridized carbons (Fsp3) is 0.208. The molecule has 0 amide bonds. The second kappa shape index (κ2) is 9.51. The molecule has 0 saturated heterocycles. The Morgan fingerprint density at radius 2 is 1.71 bits per heavy atom. The van der Waals surface area contributed by atoms with Gasteiger partial charge in [0.1, 0.15) is 23.5 Å². The van der Waals surface area contributed by atoms with Crippen molar-refractivity contribution in [2.24, 2.45) is 4.99 Å². The zero-order chi connectivity index (χ0) is 22.0. The number of hydrogen-bond donors (Lipinski definition) is 2. The highest BCUT2D eigenvalue weighted by molar-refractivity contribution is 9.10. The van der Waals surface area contributed by atoms with Crippen molar-refractivity contribution in [1.82, 2.24) is 5.32 Å². The number of aliphatic imine (C=N–C) groups is 1. The molecule has 4 rings (SSSR count). The van der Waals surface area contributed by atoms with Crippen molar-refractivity contribution in [1.29, 1.82) is 0 Å². The van der Waals surface area contributed by atoms with Crippen LogP contribution in [-0.2, 0) is 0 Å². The molecule has 1 heterocycles. The third-order valence-corrected chi connectivity index (χ3v) is 6.14. The van der Waals surface area contributed by atoms with Crippen LogP contribution in [0.3, 0.4) is 0 Å². The van der Waals surface area contributed by atoms with E-state index in [0.29, 0.717) is 18.6 Å². The summed E-state index contributed by atoms with van der Waals surface area (Å²) in [6.45, 7) is 2.54. The molecule has 0 radical (unpaired) electrons. The first-order chi connectivity index (χ1) is 14.9. The lowest BCUT2D eigenvalue weighted by Crippen LogP contribution is -2.33. The summed E-state index contributed by atoms with van der Waals surface area (Å²) in [5.74, 6) is 0.633. The van der Waals surface area contributed by atoms with E-state index in [1.165, 1.54) is 6.07 Å². The van der Waals surface area contributed by atoms with Crippen LogP contribution in [0.4, 0.5) is 4.39 Å². The van der Waals surface area contributed by atoms with Crippen molar-refractivity contribution in [3.05, 3.63) is 92.1 Å². The van der Waals surface area contributed by atoms with Crippen LogP contribution < -0.4 is 10.1 Å². The number of halogens is 3. The third kappa shape index (κ3) is 5.00. The zero-order valence-corrected chi connectivity index (χ0v) is 20.0. The third-order valence-electron chi connectivity index (χ3n) is 5.16. The highest BCUT2D eigenvalue weighted by atomic mass is 79.9. The normalized spacial score (nSPS) is 18.5. The van der Waals surface area contributed by atoms with Gasteiger partial charge in [-0.15, -0.1) is 0 Å². The SMILES string of the molecule is CCOc1ccc(C2=N[C@@H](c3cc(Br)ccc3F)N[C@H](c3cc(Br)ccc3O)C2)cc1. The number of rotatable bonds is 5. The molecule has 4 nitrogen and oxygen atoms in total. The molecule has 0 saturated carbocycles. The molecular formula is C24H21Br2FN2O2. The van der Waals surface area contributed by atoms with Gasteiger partial charge in [-0.05, 0) is 73.2 Å². The van der Waals surface area contributed by atoms with Crippen molar-refractivity contribution in [2.45, 2.75) is 25.6 Å². The molecule has 1 aliphatic heterocycles. The number of phenolic OH excluding ortho intramolecular Hbond substituents is 1. The Hall–Kier alpha value is -2.22. The lowest BCUT2D eigenvalue weighted by atomic mass is 9.93. The maximum Gasteiger partial charge on any atom is 0.129 e. The second-order valence-electron chi connectivity index (χ2n) is 7.23. The smallest absolute Gasteiger partial charge is 0.129 e. The average Bonchev–Trinajstić information content (AvgIpc) is 2.77. The van der Waals surface area contributed by atoms with Crippen LogP contribution in [0.1, 0.15) is 42.2 Å². The topological polar surface area (TPSA) is 53.8 Å². The van der Waals surface area contributed by atoms with Gasteiger partial charge < -0.3 is 9.84 Å². The van der Waals surface area contributed by atoms with Crippen LogP contribution in [0.15, 0.2) is 74.6 Å². The lowest BCUT2D eigenvalue weighted by molar-refractivity contribution is 0.340. The van der Waals surface area contributed by atoms with Crippen LogP contribution in [0.2, 0.25) is 0 Å². The van der Waals surface area contributed by atoms with Gasteiger partial charge in [0.25, 0.3) is 0 Å². The summed E-state index contributed by atoms with van der Waals surface area (Å²) in [5, 5.41) is 13.9. The van der Waals surface area contributed by atoms with E-state index in [2.05, 4.69) is 37.2 Å². The van der Waals surface area contributed by atoms with E-state index in [-0.39, 0.29) is 17.6 Å². The van der Waals surface area contributed by atoms with Gasteiger partial charge in [-0.2, -0.15) is 0 Å². The maximum atomic E-state index is 14.7. The molecule has 31 heavy (non-hydrogen) atoms. The molecule has 3 aromatic rings. The van der Waals surface area contributed by atoms with E-state index in [0.717, 1.165) is 31.5 Å². The number of ether oxygens (including phenoxy) is 1. The average molecular weight is 548 g/mol. The first kappa shape index (κ1) is 22.0. The van der Waals surface area contributed by atoms with Gasteiger partial charge in [0.2, 0.25) is 0 Å². The van der Waals surface area contributed by atoms with Gasteiger partial charge in [-0.25, -0.2) is 4.39 Å². The van der Waals surface area contributed by atoms with Crippen LogP contribution in [0, 0.1) is 5.82 Å². The van der Waals surface area contributed by atoms with Crippen molar-refractivity contribution in [3.8, 4) is 11.5 Å². The highest BCUT2D eigenvalue weighted by Gasteiger charge is 2.29. The van der Waals surface area contributed by atoms with Crippen LogP contribution in [-0.4, -0.2) is 17.4 Å². The number of phenols is 1. The fourth-order valence-electron chi connectivity index (χ4n) is 3.68. The van der Waals surface area contributed by atoms with E-state index in [1.807, 2.05) is 37.3 Å². The lowest BCUT2D eigenvalue weighted by Gasteiger charge is -2.31. The minimum Gasteiger partial charge on any atom is -0.508 e. The predicted octanol–water partition coefficient (Wildman–Crippen LogP) is 6.68. The quantitative estimate of drug-likeness (QED) is 0.374. The molecule has 0 spiro atoms. The van der Waals surface area contributed by atoms with Gasteiger partial charge in [0.15, 0.2) is 0 Å². The Morgan fingerprint density at radius 1 is 1.03 bits per heavy atom. The summed E-state index contributed by atoms with van der Waals surface area (Å²) < 4.78 is 21.9. The van der Waals surface area contributed by atoms with E-state index < -0.39 is 6.17 Å². The Morgan fingerprint density at radius 3 is 2.42 bits per heavy atom. The summed E-state index contributed by atoms with van der Waals surface area (Å²) in [5.41, 5.74) is 2.94. The summed E-state index contributed by atoms with van der Waals surface area (Å²) >= 11 is 6.90. The Balaban J connectivity index is 1.77. The van der Waals surface area contributed by atoms with Crippen molar-refractivity contribution in [2.75, 3.05) is 6.61 Å². The molecule has 3 aromatic carbocycles. The van der Waals surface area contributed by atoms with E-state index in [9.17, 15) is 9.50 Å². The van der Waals surface area contributed by atoms with Crippen molar-refractivity contribution < 1.29 is 14.2 Å². The van der Waals surface area contributed by atoms with E-state index in [4.69, 9.17) is 9.73 Å². The van der Waals surface area contributed by atoms with Gasteiger partial charge in [-0.3, -0.25) is 10.3 Å². The summed E-state index contributed by atoms with van der Waals surface area (Å²) in [7, 11) is 0. The number of aromatic hydroxyl groups is 1. The molecule has 2 N–H and O–H groups in total. The van der Waals surface area contributed by atoms with Crippen LogP contribution in [0.25, 0.3) is 0 Å². The molecule has 0 fully saturated rings. The molecule has 0 unspecified atom stereocenters. The minimum atomic E-state index is -0.601. The Labute approximate surface area is 197 Å². The molecule has 160 valence electrons. The highest BCUT2D eigenvalue weighted by Crippen LogP contribution is 2.37. The standard InChI is InChI=1S/C24H21Br2FN2O2/c1-2-31-17-7-3-14(4-8-17)21-13-22(19-12-16(26)6-10-23(19)30)29-24(28-21)18-11-15(25)5-9-20(18)27/h3-12,22,24,29-30H,2,13H2,1H3/t22-,24+/m0/s1. The maximum absolute atomic E-state index is 14.7. The van der Waals surface area contributed by atoms with E-state index in [1.54, 1.807) is 24.3 Å². The van der Waals surface area contributed by atoms with Crippen molar-refractivity contribution in [3.63, 3.8) is 0 Å². The monoisotopic (exact) mass is 546 g/mol. The summed E-state index contributed by atoms with van der Waals surface area (Å²) in [6.07, 6.45) is -0.0550. The Bertz CT molecular complexity index is 1120. The number of nitrogens with one attached hydrogen (secondary N) is 1. The van der Waals surface area contributed by atoms with Gasteiger partial charge in [-0.1, -0.05) is 31.9 Å².